The molecule has 41 heavy (non-hydrogen) atoms. The summed E-state index contributed by atoms with van der Waals surface area (Å²) in [6.45, 7) is 3.12. The Morgan fingerprint density at radius 2 is 1.10 bits per heavy atom. The number of ether oxygens (including phenoxy) is 1. The number of carbonyl (C=O) groups is 3. The van der Waals surface area contributed by atoms with Gasteiger partial charge in [0.05, 0.1) is 13.2 Å². The Balaban J connectivity index is 1.16. The average molecular weight is 545 g/mol. The van der Waals surface area contributed by atoms with E-state index in [4.69, 9.17) is 10.3 Å². The molecular weight excluding hydrogens is 516 g/mol. The molecule has 0 saturated carbocycles. The van der Waals surface area contributed by atoms with E-state index in [0.717, 1.165) is 29.9 Å². The van der Waals surface area contributed by atoms with Crippen molar-refractivity contribution in [3.8, 4) is 0 Å². The first-order chi connectivity index (χ1) is 20.0. The third kappa shape index (κ3) is 6.94. The molecule has 0 unspecified atom stereocenters. The summed E-state index contributed by atoms with van der Waals surface area (Å²) in [6, 6.07) is 28.2. The van der Waals surface area contributed by atoms with Crippen LogP contribution in [-0.2, 0) is 17.6 Å². The van der Waals surface area contributed by atoms with Gasteiger partial charge in [-0.25, -0.2) is 0 Å². The van der Waals surface area contributed by atoms with Crippen LogP contribution in [0.3, 0.4) is 0 Å². The fourth-order valence-electron chi connectivity index (χ4n) is 4.73. The Morgan fingerprint density at radius 3 is 1.56 bits per heavy atom. The fourth-order valence-corrected chi connectivity index (χ4v) is 4.73. The van der Waals surface area contributed by atoms with Crippen LogP contribution in [0.2, 0.25) is 0 Å². The highest BCUT2D eigenvalue weighted by Crippen LogP contribution is 2.19. The van der Waals surface area contributed by atoms with Gasteiger partial charge in [0, 0.05) is 64.5 Å². The number of morpholine rings is 1. The minimum Gasteiger partial charge on any atom is -0.378 e. The SMILES string of the molecule is [N-]=[N+]=Nc1ccc(C(=O)Cc2ccc(C(=O)c3ccc(CC(=O)c4ccc(N5CCOCC5)cc4)cc3)cc2)cc1. The summed E-state index contributed by atoms with van der Waals surface area (Å²) in [7, 11) is 0. The number of rotatable bonds is 10. The van der Waals surface area contributed by atoms with Crippen LogP contribution in [0.4, 0.5) is 11.4 Å². The number of azide groups is 1. The second kappa shape index (κ2) is 12.9. The van der Waals surface area contributed by atoms with E-state index in [2.05, 4.69) is 14.9 Å². The first-order valence-electron chi connectivity index (χ1n) is 13.4. The van der Waals surface area contributed by atoms with Gasteiger partial charge in [0.2, 0.25) is 0 Å². The summed E-state index contributed by atoms with van der Waals surface area (Å²) in [6.07, 6.45) is 0.441. The highest BCUT2D eigenvalue weighted by atomic mass is 16.5. The lowest BCUT2D eigenvalue weighted by molar-refractivity contribution is 0.0984. The third-order valence-corrected chi connectivity index (χ3v) is 7.08. The lowest BCUT2D eigenvalue weighted by atomic mass is 9.97. The van der Waals surface area contributed by atoms with Gasteiger partial charge in [0.25, 0.3) is 0 Å². The molecule has 0 aromatic heterocycles. The van der Waals surface area contributed by atoms with Crippen molar-refractivity contribution in [2.75, 3.05) is 31.2 Å². The van der Waals surface area contributed by atoms with Gasteiger partial charge in [-0.15, -0.1) is 0 Å². The summed E-state index contributed by atoms with van der Waals surface area (Å²) in [5, 5.41) is 3.51. The van der Waals surface area contributed by atoms with Crippen LogP contribution < -0.4 is 4.90 Å². The van der Waals surface area contributed by atoms with Gasteiger partial charge >= 0.3 is 0 Å². The van der Waals surface area contributed by atoms with Crippen molar-refractivity contribution in [2.24, 2.45) is 5.11 Å². The molecule has 8 heteroatoms. The maximum Gasteiger partial charge on any atom is 0.193 e. The molecule has 1 aliphatic heterocycles. The second-order valence-corrected chi connectivity index (χ2v) is 9.81. The van der Waals surface area contributed by atoms with Crippen molar-refractivity contribution in [3.05, 3.63) is 141 Å². The number of Topliss-reactive ketones (excluding diaryl/α,β-unsaturated/α-hetero) is 2. The quantitative estimate of drug-likeness (QED) is 0.0973. The van der Waals surface area contributed by atoms with Gasteiger partial charge < -0.3 is 9.64 Å². The molecule has 4 aromatic carbocycles. The lowest BCUT2D eigenvalue weighted by Gasteiger charge is -2.28. The molecule has 1 heterocycles. The van der Waals surface area contributed by atoms with E-state index < -0.39 is 0 Å². The molecule has 204 valence electrons. The van der Waals surface area contributed by atoms with Gasteiger partial charge in [0.1, 0.15) is 0 Å². The summed E-state index contributed by atoms with van der Waals surface area (Å²) in [5.41, 5.74) is 13.9. The van der Waals surface area contributed by atoms with Crippen molar-refractivity contribution >= 4 is 28.7 Å². The minimum absolute atomic E-state index is 0.0226. The molecule has 5 rings (SSSR count). The predicted octanol–water partition coefficient (Wildman–Crippen LogP) is 6.55. The topological polar surface area (TPSA) is 112 Å². The smallest absolute Gasteiger partial charge is 0.193 e. The van der Waals surface area contributed by atoms with Crippen molar-refractivity contribution in [1.82, 2.24) is 0 Å². The number of hydrogen-bond donors (Lipinski definition) is 0. The van der Waals surface area contributed by atoms with E-state index >= 15 is 0 Å². The standard InChI is InChI=1S/C33H28N4O4/c34-36-35-29-13-9-25(10-14-29)31(38)21-23-1-5-27(6-2-23)33(40)28-7-3-24(4-8-28)22-32(39)26-11-15-30(16-12-26)37-17-19-41-20-18-37/h1-16H,17-22H2. The van der Waals surface area contributed by atoms with Gasteiger partial charge in [-0.05, 0) is 40.9 Å². The molecule has 0 bridgehead atoms. The maximum atomic E-state index is 13.0. The molecule has 1 aliphatic rings. The van der Waals surface area contributed by atoms with Crippen molar-refractivity contribution in [3.63, 3.8) is 0 Å². The summed E-state index contributed by atoms with van der Waals surface area (Å²) in [5.74, 6) is -0.183. The van der Waals surface area contributed by atoms with Crippen molar-refractivity contribution in [1.29, 1.82) is 0 Å². The monoisotopic (exact) mass is 544 g/mol. The molecule has 0 atom stereocenters. The normalized spacial score (nSPS) is 12.8. The summed E-state index contributed by atoms with van der Waals surface area (Å²) >= 11 is 0. The zero-order valence-corrected chi connectivity index (χ0v) is 22.4. The Morgan fingerprint density at radius 1 is 0.659 bits per heavy atom. The van der Waals surface area contributed by atoms with E-state index in [-0.39, 0.29) is 30.2 Å². The molecule has 0 amide bonds. The van der Waals surface area contributed by atoms with Gasteiger partial charge in [-0.1, -0.05) is 77.9 Å². The van der Waals surface area contributed by atoms with E-state index in [1.165, 1.54) is 0 Å². The first kappa shape index (κ1) is 27.5. The molecule has 0 N–H and O–H groups in total. The lowest BCUT2D eigenvalue weighted by Crippen LogP contribution is -2.36. The highest BCUT2D eigenvalue weighted by molar-refractivity contribution is 6.09. The fraction of sp³-hybridized carbons (Fsp3) is 0.182. The number of carbonyl (C=O) groups excluding carboxylic acids is 3. The number of ketones is 3. The molecule has 0 radical (unpaired) electrons. The highest BCUT2D eigenvalue weighted by Gasteiger charge is 2.14. The molecule has 0 aliphatic carbocycles. The van der Waals surface area contributed by atoms with Gasteiger partial charge in [-0.2, -0.15) is 0 Å². The van der Waals surface area contributed by atoms with E-state index in [1.54, 1.807) is 60.7 Å². The first-order valence-corrected chi connectivity index (χ1v) is 13.4. The summed E-state index contributed by atoms with van der Waals surface area (Å²) in [4.78, 5) is 43.4. The third-order valence-electron chi connectivity index (χ3n) is 7.08. The average Bonchev–Trinajstić information content (AvgIpc) is 3.02. The van der Waals surface area contributed by atoms with Crippen LogP contribution in [0.5, 0.6) is 0 Å². The van der Waals surface area contributed by atoms with Crippen LogP contribution in [0, 0.1) is 0 Å². The van der Waals surface area contributed by atoms with Gasteiger partial charge in [0.15, 0.2) is 17.3 Å². The zero-order chi connectivity index (χ0) is 28.6. The van der Waals surface area contributed by atoms with E-state index in [9.17, 15) is 14.4 Å². The minimum atomic E-state index is -0.131. The van der Waals surface area contributed by atoms with E-state index in [1.807, 2.05) is 36.4 Å². The van der Waals surface area contributed by atoms with Crippen molar-refractivity contribution < 1.29 is 19.1 Å². The molecular formula is C33H28N4O4. The van der Waals surface area contributed by atoms with Gasteiger partial charge in [-0.3, -0.25) is 14.4 Å². The number of nitrogens with zero attached hydrogens (tertiary/aromatic N) is 4. The Labute approximate surface area is 237 Å². The predicted molar refractivity (Wildman–Crippen MR) is 157 cm³/mol. The van der Waals surface area contributed by atoms with Crippen LogP contribution in [0.1, 0.15) is 47.8 Å². The number of anilines is 1. The number of hydrogen-bond acceptors (Lipinski definition) is 6. The molecule has 4 aromatic rings. The maximum absolute atomic E-state index is 13.0. The molecule has 1 fully saturated rings. The Hall–Kier alpha value is -5.04. The molecule has 8 nitrogen and oxygen atoms in total. The number of benzene rings is 4. The van der Waals surface area contributed by atoms with Crippen LogP contribution in [0.15, 0.2) is 102 Å². The molecule has 0 spiro atoms. The van der Waals surface area contributed by atoms with Crippen LogP contribution in [0.25, 0.3) is 10.4 Å². The molecule has 1 saturated heterocycles. The second-order valence-electron chi connectivity index (χ2n) is 9.81. The largest absolute Gasteiger partial charge is 0.378 e. The van der Waals surface area contributed by atoms with Crippen LogP contribution in [-0.4, -0.2) is 43.7 Å². The zero-order valence-electron chi connectivity index (χ0n) is 22.4. The Kier molecular flexibility index (Phi) is 8.64. The van der Waals surface area contributed by atoms with E-state index in [0.29, 0.717) is 41.2 Å². The Bertz CT molecular complexity index is 1580. The van der Waals surface area contributed by atoms with Crippen molar-refractivity contribution in [2.45, 2.75) is 12.8 Å². The summed E-state index contributed by atoms with van der Waals surface area (Å²) < 4.78 is 5.40. The van der Waals surface area contributed by atoms with Crippen LogP contribution >= 0.6 is 0 Å².